The highest BCUT2D eigenvalue weighted by atomic mass is 16.3. The molecule has 0 aliphatic rings. The molecule has 0 aliphatic carbocycles. The van der Waals surface area contributed by atoms with Gasteiger partial charge in [0, 0.05) is 6.42 Å². The Morgan fingerprint density at radius 3 is 1.13 bits per heavy atom. The van der Waals surface area contributed by atoms with Gasteiger partial charge in [-0.15, -0.1) is 0 Å². The zero-order chi connectivity index (χ0) is 44.9. The largest absolute Gasteiger partial charge is 0.394 e. The molecule has 3 N–H and O–H groups in total. The second kappa shape index (κ2) is 52.7. The quantitative estimate of drug-likeness (QED) is 0.0422. The molecule has 0 fully saturated rings. The van der Waals surface area contributed by atoms with Crippen molar-refractivity contribution in [3.63, 3.8) is 0 Å². The molecule has 0 aliphatic heterocycles. The van der Waals surface area contributed by atoms with Crippen LogP contribution in [0.3, 0.4) is 0 Å². The van der Waals surface area contributed by atoms with E-state index in [0.717, 1.165) is 70.6 Å². The number of amides is 1. The summed E-state index contributed by atoms with van der Waals surface area (Å²) in [6, 6.07) is -0.646. The van der Waals surface area contributed by atoms with E-state index in [-0.39, 0.29) is 12.5 Å². The molecule has 0 aromatic heterocycles. The lowest BCUT2D eigenvalue weighted by Crippen LogP contribution is -2.45. The van der Waals surface area contributed by atoms with E-state index in [4.69, 9.17) is 0 Å². The van der Waals surface area contributed by atoms with E-state index < -0.39 is 12.1 Å². The van der Waals surface area contributed by atoms with Crippen molar-refractivity contribution in [1.82, 2.24) is 5.32 Å². The number of unbranched alkanes of at least 4 members (excludes halogenated alkanes) is 26. The van der Waals surface area contributed by atoms with Crippen LogP contribution >= 0.6 is 0 Å². The highest BCUT2D eigenvalue weighted by Gasteiger charge is 2.17. The molecule has 0 radical (unpaired) electrons. The zero-order valence-corrected chi connectivity index (χ0v) is 40.9. The summed E-state index contributed by atoms with van der Waals surface area (Å²) in [5.41, 5.74) is 0. The lowest BCUT2D eigenvalue weighted by molar-refractivity contribution is -0.123. The number of aliphatic hydroxyl groups excluding tert-OH is 2. The van der Waals surface area contributed by atoms with Crippen LogP contribution in [0.5, 0.6) is 0 Å². The molecule has 0 spiro atoms. The average Bonchev–Trinajstić information content (AvgIpc) is 3.28. The Morgan fingerprint density at radius 1 is 0.403 bits per heavy atom. The molecule has 62 heavy (non-hydrogen) atoms. The van der Waals surface area contributed by atoms with Crippen molar-refractivity contribution < 1.29 is 15.0 Å². The Kier molecular flexibility index (Phi) is 50.4. The van der Waals surface area contributed by atoms with Crippen LogP contribution in [0.1, 0.15) is 245 Å². The smallest absolute Gasteiger partial charge is 0.220 e. The van der Waals surface area contributed by atoms with Crippen LogP contribution in [0.15, 0.2) is 97.2 Å². The summed E-state index contributed by atoms with van der Waals surface area (Å²) in [6.45, 7) is 4.19. The number of carbonyl (C=O) groups excluding carboxylic acids is 1. The number of hydrogen-bond acceptors (Lipinski definition) is 3. The van der Waals surface area contributed by atoms with Gasteiger partial charge in [-0.05, 0) is 83.5 Å². The zero-order valence-electron chi connectivity index (χ0n) is 40.9. The fourth-order valence-electron chi connectivity index (χ4n) is 7.55. The first-order chi connectivity index (χ1) is 30.7. The predicted molar refractivity (Wildman–Crippen MR) is 276 cm³/mol. The predicted octanol–water partition coefficient (Wildman–Crippen LogP) is 17.4. The molecule has 356 valence electrons. The average molecular weight is 860 g/mol. The van der Waals surface area contributed by atoms with Gasteiger partial charge in [-0.25, -0.2) is 0 Å². The summed E-state index contributed by atoms with van der Waals surface area (Å²) in [5, 5.41) is 23.1. The van der Waals surface area contributed by atoms with Gasteiger partial charge in [0.15, 0.2) is 0 Å². The number of allylic oxidation sites excluding steroid dienone is 15. The van der Waals surface area contributed by atoms with Crippen LogP contribution < -0.4 is 5.32 Å². The fraction of sp³-hybridized carbons (Fsp3) is 0.707. The molecule has 2 unspecified atom stereocenters. The summed E-state index contributed by atoms with van der Waals surface area (Å²) in [7, 11) is 0. The third kappa shape index (κ3) is 48.3. The molecule has 4 nitrogen and oxygen atoms in total. The molecule has 1 amide bonds. The van der Waals surface area contributed by atoms with Crippen molar-refractivity contribution in [2.45, 2.75) is 257 Å². The van der Waals surface area contributed by atoms with Gasteiger partial charge in [-0.2, -0.15) is 0 Å². The Morgan fingerprint density at radius 2 is 0.726 bits per heavy atom. The van der Waals surface area contributed by atoms with Crippen molar-refractivity contribution in [1.29, 1.82) is 0 Å². The Hall–Kier alpha value is -2.69. The third-order valence-electron chi connectivity index (χ3n) is 11.6. The van der Waals surface area contributed by atoms with Gasteiger partial charge in [0.1, 0.15) is 0 Å². The lowest BCUT2D eigenvalue weighted by Gasteiger charge is -2.19. The maximum atomic E-state index is 12.5. The van der Waals surface area contributed by atoms with E-state index >= 15 is 0 Å². The summed E-state index contributed by atoms with van der Waals surface area (Å²) < 4.78 is 0. The number of aliphatic hydroxyl groups is 2. The van der Waals surface area contributed by atoms with Crippen molar-refractivity contribution in [2.75, 3.05) is 6.61 Å². The van der Waals surface area contributed by atoms with Crippen LogP contribution in [0.2, 0.25) is 0 Å². The van der Waals surface area contributed by atoms with Crippen molar-refractivity contribution in [3.05, 3.63) is 97.2 Å². The monoisotopic (exact) mass is 860 g/mol. The van der Waals surface area contributed by atoms with E-state index in [0.29, 0.717) is 6.42 Å². The van der Waals surface area contributed by atoms with E-state index in [1.807, 2.05) is 6.08 Å². The maximum Gasteiger partial charge on any atom is 0.220 e. The van der Waals surface area contributed by atoms with Crippen molar-refractivity contribution in [2.24, 2.45) is 0 Å². The summed E-state index contributed by atoms with van der Waals surface area (Å²) in [4.78, 5) is 12.5. The topological polar surface area (TPSA) is 69.6 Å². The van der Waals surface area contributed by atoms with Gasteiger partial charge in [0.05, 0.1) is 18.8 Å². The first-order valence-electron chi connectivity index (χ1n) is 26.5. The van der Waals surface area contributed by atoms with E-state index in [9.17, 15) is 15.0 Å². The number of carbonyl (C=O) groups is 1. The molecule has 0 aromatic carbocycles. The van der Waals surface area contributed by atoms with Gasteiger partial charge in [-0.1, -0.05) is 252 Å². The van der Waals surface area contributed by atoms with Crippen LogP contribution in [0.4, 0.5) is 0 Å². The van der Waals surface area contributed by atoms with Gasteiger partial charge in [-0.3, -0.25) is 4.79 Å². The SMILES string of the molecule is CC/C=C\C/C=C\C/C=C\C/C=C\C/C=C\C/C=C\CCCCCCCCCCCCCCC(=O)NC(CO)C(O)/C=C/CC/C=C/CCCCCCCCCCCCCCC. The van der Waals surface area contributed by atoms with Crippen LogP contribution in [-0.4, -0.2) is 34.9 Å². The molecule has 0 saturated heterocycles. The standard InChI is InChI=1S/C58H101NO3/c1-3-5-7-9-11-13-15-17-19-21-23-24-25-26-27-28-29-30-31-32-33-34-36-38-40-42-44-46-48-50-52-54-58(62)59-56(55-60)57(61)53-51-49-47-45-43-41-39-37-35-22-20-18-16-14-12-10-8-6-4-2/h5,7,11,13,17,19,23-24,26-27,29-30,43,45,51,53,56-57,60-61H,3-4,6,8-10,12,14-16,18,20-22,25,28,31-42,44,46-50,52,54-55H2,1-2H3,(H,59,62)/b7-5-,13-11-,19-17-,24-23-,27-26-,30-29-,45-43+,53-51+. The van der Waals surface area contributed by atoms with Crippen LogP contribution in [-0.2, 0) is 4.79 Å². The van der Waals surface area contributed by atoms with E-state index in [1.54, 1.807) is 6.08 Å². The second-order valence-corrected chi connectivity index (χ2v) is 17.6. The van der Waals surface area contributed by atoms with E-state index in [2.05, 4.69) is 104 Å². The molecule has 2 atom stereocenters. The van der Waals surface area contributed by atoms with Crippen molar-refractivity contribution >= 4 is 5.91 Å². The van der Waals surface area contributed by atoms with Gasteiger partial charge in [0.25, 0.3) is 0 Å². The van der Waals surface area contributed by atoms with Crippen LogP contribution in [0.25, 0.3) is 0 Å². The molecule has 0 aromatic rings. The minimum atomic E-state index is -0.868. The van der Waals surface area contributed by atoms with Crippen LogP contribution in [0, 0.1) is 0 Å². The molecular weight excluding hydrogens is 759 g/mol. The first kappa shape index (κ1) is 59.3. The minimum Gasteiger partial charge on any atom is -0.394 e. The van der Waals surface area contributed by atoms with Gasteiger partial charge >= 0.3 is 0 Å². The second-order valence-electron chi connectivity index (χ2n) is 17.6. The minimum absolute atomic E-state index is 0.0787. The lowest BCUT2D eigenvalue weighted by atomic mass is 10.0. The van der Waals surface area contributed by atoms with Crippen molar-refractivity contribution in [3.8, 4) is 0 Å². The molecule has 0 heterocycles. The number of rotatable bonds is 47. The first-order valence-corrected chi connectivity index (χ1v) is 26.5. The maximum absolute atomic E-state index is 12.5. The summed E-state index contributed by atoms with van der Waals surface area (Å²) in [5.74, 6) is -0.0787. The Labute approximate surface area is 385 Å². The highest BCUT2D eigenvalue weighted by molar-refractivity contribution is 5.76. The molecule has 0 rings (SSSR count). The number of nitrogens with one attached hydrogen (secondary N) is 1. The fourth-order valence-corrected chi connectivity index (χ4v) is 7.55. The Bertz CT molecular complexity index is 1160. The van der Waals surface area contributed by atoms with Gasteiger partial charge in [0.2, 0.25) is 5.91 Å². The molecule has 0 saturated carbocycles. The normalized spacial score (nSPS) is 13.7. The summed E-state index contributed by atoms with van der Waals surface area (Å²) in [6.07, 6.45) is 78.3. The van der Waals surface area contributed by atoms with E-state index in [1.165, 1.54) is 154 Å². The molecular formula is C58H101NO3. The summed E-state index contributed by atoms with van der Waals surface area (Å²) >= 11 is 0. The molecule has 0 bridgehead atoms. The highest BCUT2D eigenvalue weighted by Crippen LogP contribution is 2.15. The Balaban J connectivity index is 3.59. The third-order valence-corrected chi connectivity index (χ3v) is 11.6. The number of hydrogen-bond donors (Lipinski definition) is 3. The van der Waals surface area contributed by atoms with Gasteiger partial charge < -0.3 is 15.5 Å². The molecule has 4 heteroatoms.